The molecule has 0 bridgehead atoms. The number of aryl methyl sites for hydroxylation is 2. The van der Waals surface area contributed by atoms with E-state index in [2.05, 4.69) is 31.0 Å². The van der Waals surface area contributed by atoms with Crippen LogP contribution in [0.15, 0.2) is 36.7 Å². The fourth-order valence-corrected chi connectivity index (χ4v) is 2.16. The number of rotatable bonds is 2. The van der Waals surface area contributed by atoms with E-state index in [1.165, 1.54) is 11.3 Å². The Kier molecular flexibility index (Phi) is 2.33. The van der Waals surface area contributed by atoms with Crippen LogP contribution in [0, 0.1) is 13.8 Å². The summed E-state index contributed by atoms with van der Waals surface area (Å²) < 4.78 is 1.98. The molecular weight excluding hydrogens is 224 g/mol. The number of aromatic amines is 1. The molecule has 3 aromatic heterocycles. The molecule has 0 aliphatic rings. The Morgan fingerprint density at radius 2 is 2.00 bits per heavy atom. The summed E-state index contributed by atoms with van der Waals surface area (Å²) in [6.45, 7) is 4.16. The summed E-state index contributed by atoms with van der Waals surface area (Å²) in [5, 5.41) is 0. The summed E-state index contributed by atoms with van der Waals surface area (Å²) in [7, 11) is 0. The van der Waals surface area contributed by atoms with Gasteiger partial charge in [-0.15, -0.1) is 0 Å². The van der Waals surface area contributed by atoms with E-state index < -0.39 is 0 Å². The number of hydrogen-bond acceptors (Lipinski definition) is 1. The van der Waals surface area contributed by atoms with E-state index in [0.717, 1.165) is 23.1 Å². The van der Waals surface area contributed by atoms with Gasteiger partial charge in [0.2, 0.25) is 0 Å². The number of pyridine rings is 1. The third-order valence-corrected chi connectivity index (χ3v) is 3.34. The number of H-pyrrole nitrogens is 1. The average molecular weight is 238 g/mol. The molecule has 3 rings (SSSR count). The lowest BCUT2D eigenvalue weighted by Gasteiger charge is -1.94. The van der Waals surface area contributed by atoms with Crippen LogP contribution in [0.5, 0.6) is 0 Å². The topological polar surface area (TPSA) is 37.3 Å². The first-order chi connectivity index (χ1) is 8.67. The summed E-state index contributed by atoms with van der Waals surface area (Å²) in [4.78, 5) is 14.1. The highest BCUT2D eigenvalue weighted by molar-refractivity contribution is 5.76. The number of aldehydes is 1. The maximum Gasteiger partial charge on any atom is 0.151 e. The number of hydrogen-bond donors (Lipinski definition) is 1. The van der Waals surface area contributed by atoms with Crippen molar-refractivity contribution in [1.82, 2.24) is 9.38 Å². The molecule has 0 unspecified atom stereocenters. The zero-order chi connectivity index (χ0) is 12.7. The highest BCUT2D eigenvalue weighted by Gasteiger charge is 2.06. The second-order valence-corrected chi connectivity index (χ2v) is 4.63. The van der Waals surface area contributed by atoms with Crippen molar-refractivity contribution in [2.24, 2.45) is 0 Å². The summed E-state index contributed by atoms with van der Waals surface area (Å²) in [5.74, 6) is 0. The Labute approximate surface area is 105 Å². The fourth-order valence-electron chi connectivity index (χ4n) is 2.16. The number of aromatic nitrogens is 2. The highest BCUT2D eigenvalue weighted by atomic mass is 16.1. The van der Waals surface area contributed by atoms with Crippen LogP contribution < -0.4 is 0 Å². The van der Waals surface area contributed by atoms with E-state index in [1.54, 1.807) is 0 Å². The molecule has 0 spiro atoms. The number of nitrogens with one attached hydrogen (secondary N) is 1. The van der Waals surface area contributed by atoms with Crippen LogP contribution in [0.2, 0.25) is 0 Å². The molecule has 0 saturated carbocycles. The molecule has 0 radical (unpaired) electrons. The Hall–Kier alpha value is -2.29. The third-order valence-electron chi connectivity index (χ3n) is 3.34. The van der Waals surface area contributed by atoms with Crippen molar-refractivity contribution in [2.45, 2.75) is 13.8 Å². The lowest BCUT2D eigenvalue weighted by molar-refractivity contribution is 0.112. The third kappa shape index (κ3) is 1.64. The second kappa shape index (κ2) is 3.88. The van der Waals surface area contributed by atoms with Gasteiger partial charge in [-0.3, -0.25) is 4.79 Å². The molecule has 1 N–H and O–H groups in total. The van der Waals surface area contributed by atoms with Crippen molar-refractivity contribution in [1.29, 1.82) is 0 Å². The van der Waals surface area contributed by atoms with Crippen molar-refractivity contribution in [3.8, 4) is 11.3 Å². The highest BCUT2D eigenvalue weighted by Crippen LogP contribution is 2.24. The van der Waals surface area contributed by atoms with Crippen LogP contribution in [0.3, 0.4) is 0 Å². The van der Waals surface area contributed by atoms with E-state index in [1.807, 2.05) is 28.9 Å². The lowest BCUT2D eigenvalue weighted by atomic mass is 10.2. The van der Waals surface area contributed by atoms with Gasteiger partial charge in [-0.2, -0.15) is 0 Å². The lowest BCUT2D eigenvalue weighted by Crippen LogP contribution is -1.85. The molecule has 0 atom stereocenters. The van der Waals surface area contributed by atoms with Crippen LogP contribution >= 0.6 is 0 Å². The maximum atomic E-state index is 10.8. The summed E-state index contributed by atoms with van der Waals surface area (Å²) in [6, 6.07) is 8.04. The van der Waals surface area contributed by atoms with Gasteiger partial charge in [0, 0.05) is 40.4 Å². The van der Waals surface area contributed by atoms with E-state index >= 15 is 0 Å². The quantitative estimate of drug-likeness (QED) is 0.683. The zero-order valence-electron chi connectivity index (χ0n) is 10.4. The second-order valence-electron chi connectivity index (χ2n) is 4.63. The van der Waals surface area contributed by atoms with Crippen LogP contribution in [0.1, 0.15) is 21.6 Å². The smallest absolute Gasteiger partial charge is 0.151 e. The number of carbonyl (C=O) groups is 1. The largest absolute Gasteiger partial charge is 0.358 e. The number of nitrogens with zero attached hydrogens (tertiary/aromatic N) is 1. The van der Waals surface area contributed by atoms with Gasteiger partial charge in [-0.1, -0.05) is 0 Å². The Balaban J connectivity index is 2.15. The standard InChI is InChI=1S/C15H14N2O/c1-10-5-15(16-11(10)2)13-6-14-4-3-12(9-18)7-17(14)8-13/h3-9,16H,1-2H3. The minimum atomic E-state index is 0.684. The minimum absolute atomic E-state index is 0.684. The van der Waals surface area contributed by atoms with E-state index in [-0.39, 0.29) is 0 Å². The van der Waals surface area contributed by atoms with Gasteiger partial charge in [0.1, 0.15) is 0 Å². The molecule has 90 valence electrons. The average Bonchev–Trinajstić information content (AvgIpc) is 2.92. The molecule has 0 saturated heterocycles. The Morgan fingerprint density at radius 3 is 2.67 bits per heavy atom. The summed E-state index contributed by atoms with van der Waals surface area (Å²) >= 11 is 0. The first-order valence-electron chi connectivity index (χ1n) is 5.91. The first-order valence-corrected chi connectivity index (χ1v) is 5.91. The Morgan fingerprint density at radius 1 is 1.17 bits per heavy atom. The molecule has 3 heteroatoms. The van der Waals surface area contributed by atoms with Crippen LogP contribution in [-0.4, -0.2) is 15.7 Å². The van der Waals surface area contributed by atoms with Crippen molar-refractivity contribution in [3.05, 3.63) is 53.5 Å². The molecule has 3 nitrogen and oxygen atoms in total. The molecule has 0 aromatic carbocycles. The van der Waals surface area contributed by atoms with Crippen molar-refractivity contribution in [3.63, 3.8) is 0 Å². The van der Waals surface area contributed by atoms with E-state index in [0.29, 0.717) is 5.56 Å². The predicted molar refractivity (Wildman–Crippen MR) is 72.0 cm³/mol. The van der Waals surface area contributed by atoms with Crippen LogP contribution in [0.25, 0.3) is 16.8 Å². The zero-order valence-corrected chi connectivity index (χ0v) is 10.4. The minimum Gasteiger partial charge on any atom is -0.358 e. The molecule has 0 fully saturated rings. The van der Waals surface area contributed by atoms with Crippen molar-refractivity contribution in [2.75, 3.05) is 0 Å². The molecule has 18 heavy (non-hydrogen) atoms. The van der Waals surface area contributed by atoms with Gasteiger partial charge in [-0.05, 0) is 43.7 Å². The van der Waals surface area contributed by atoms with Crippen LogP contribution in [-0.2, 0) is 0 Å². The van der Waals surface area contributed by atoms with Gasteiger partial charge in [0.05, 0.1) is 0 Å². The molecule has 3 heterocycles. The molecule has 0 aliphatic carbocycles. The van der Waals surface area contributed by atoms with Gasteiger partial charge in [0.25, 0.3) is 0 Å². The number of carbonyl (C=O) groups excluding carboxylic acids is 1. The van der Waals surface area contributed by atoms with Gasteiger partial charge in [0.15, 0.2) is 6.29 Å². The van der Waals surface area contributed by atoms with Gasteiger partial charge in [-0.25, -0.2) is 0 Å². The van der Waals surface area contributed by atoms with Crippen molar-refractivity contribution >= 4 is 11.8 Å². The fraction of sp³-hybridized carbons (Fsp3) is 0.133. The summed E-state index contributed by atoms with van der Waals surface area (Å²) in [5.41, 5.74) is 6.46. The predicted octanol–water partition coefficient (Wildman–Crippen LogP) is 3.36. The van der Waals surface area contributed by atoms with Gasteiger partial charge < -0.3 is 9.38 Å². The van der Waals surface area contributed by atoms with Gasteiger partial charge >= 0.3 is 0 Å². The normalized spacial score (nSPS) is 11.0. The molecular formula is C15H14N2O. The van der Waals surface area contributed by atoms with E-state index in [4.69, 9.17) is 0 Å². The Bertz CT molecular complexity index is 715. The first kappa shape index (κ1) is 10.8. The molecule has 0 aliphatic heterocycles. The molecule has 3 aromatic rings. The van der Waals surface area contributed by atoms with Crippen molar-refractivity contribution < 1.29 is 4.79 Å². The molecule has 0 amide bonds. The maximum absolute atomic E-state index is 10.8. The summed E-state index contributed by atoms with van der Waals surface area (Å²) in [6.07, 6.45) is 4.74. The SMILES string of the molecule is Cc1cc(-c2cc3ccc(C=O)cn3c2)[nH]c1C. The number of fused-ring (bicyclic) bond motifs is 1. The van der Waals surface area contributed by atoms with Crippen LogP contribution in [0.4, 0.5) is 0 Å². The van der Waals surface area contributed by atoms with E-state index in [9.17, 15) is 4.79 Å². The monoisotopic (exact) mass is 238 g/mol.